The molecular formula is C25H31BrFN3O4S. The summed E-state index contributed by atoms with van der Waals surface area (Å²) in [7, 11) is -3.81. The van der Waals surface area contributed by atoms with E-state index < -0.39 is 34.3 Å². The Morgan fingerprint density at radius 1 is 1.11 bits per heavy atom. The van der Waals surface area contributed by atoms with Crippen molar-refractivity contribution in [2.24, 2.45) is 0 Å². The molecule has 0 bridgehead atoms. The summed E-state index contributed by atoms with van der Waals surface area (Å²) in [5.41, 5.74) is 0.965. The second-order valence-corrected chi connectivity index (χ2v) is 11.5. The molecule has 1 aliphatic rings. The fourth-order valence-electron chi connectivity index (χ4n) is 4.32. The van der Waals surface area contributed by atoms with Crippen LogP contribution < -0.4 is 9.62 Å². The minimum absolute atomic E-state index is 0.0449. The van der Waals surface area contributed by atoms with Crippen LogP contribution in [0.25, 0.3) is 0 Å². The molecule has 0 saturated heterocycles. The van der Waals surface area contributed by atoms with E-state index in [2.05, 4.69) is 21.2 Å². The first-order valence-electron chi connectivity index (χ1n) is 11.7. The Morgan fingerprint density at radius 3 is 2.31 bits per heavy atom. The Morgan fingerprint density at radius 2 is 1.74 bits per heavy atom. The van der Waals surface area contributed by atoms with Crippen LogP contribution in [0.1, 0.15) is 44.6 Å². The Hall–Kier alpha value is -2.46. The molecule has 0 aromatic heterocycles. The van der Waals surface area contributed by atoms with E-state index in [-0.39, 0.29) is 18.5 Å². The second-order valence-electron chi connectivity index (χ2n) is 8.78. The van der Waals surface area contributed by atoms with Gasteiger partial charge in [-0.05, 0) is 65.0 Å². The van der Waals surface area contributed by atoms with Crippen molar-refractivity contribution in [3.05, 3.63) is 64.4 Å². The number of hydrogen-bond donors (Lipinski definition) is 1. The van der Waals surface area contributed by atoms with Gasteiger partial charge in [0.1, 0.15) is 18.4 Å². The largest absolute Gasteiger partial charge is 0.352 e. The number of sulfonamides is 1. The van der Waals surface area contributed by atoms with Crippen LogP contribution in [0.5, 0.6) is 0 Å². The van der Waals surface area contributed by atoms with Crippen molar-refractivity contribution in [1.29, 1.82) is 0 Å². The minimum Gasteiger partial charge on any atom is -0.352 e. The molecule has 35 heavy (non-hydrogen) atoms. The van der Waals surface area contributed by atoms with Crippen LogP contribution in [0.15, 0.2) is 53.0 Å². The van der Waals surface area contributed by atoms with Crippen LogP contribution >= 0.6 is 15.9 Å². The number of halogens is 2. The van der Waals surface area contributed by atoms with Gasteiger partial charge >= 0.3 is 0 Å². The molecule has 0 heterocycles. The highest BCUT2D eigenvalue weighted by Crippen LogP contribution is 2.28. The predicted molar refractivity (Wildman–Crippen MR) is 138 cm³/mol. The summed E-state index contributed by atoms with van der Waals surface area (Å²) in [5.74, 6) is -1.19. The second kappa shape index (κ2) is 12.0. The Labute approximate surface area is 214 Å². The van der Waals surface area contributed by atoms with E-state index >= 15 is 0 Å². The molecule has 1 N–H and O–H groups in total. The van der Waals surface area contributed by atoms with Crippen molar-refractivity contribution in [2.75, 3.05) is 17.1 Å². The topological polar surface area (TPSA) is 86.8 Å². The predicted octanol–water partition coefficient (Wildman–Crippen LogP) is 4.22. The van der Waals surface area contributed by atoms with Gasteiger partial charge in [-0.1, -0.05) is 44.0 Å². The van der Waals surface area contributed by atoms with Crippen LogP contribution in [0.4, 0.5) is 10.1 Å². The molecule has 0 spiro atoms. The number of carbonyl (C=O) groups is 2. The molecule has 2 aromatic rings. The average molecular weight is 569 g/mol. The van der Waals surface area contributed by atoms with Crippen molar-refractivity contribution in [1.82, 2.24) is 10.2 Å². The lowest BCUT2D eigenvalue weighted by Crippen LogP contribution is -2.53. The Balaban J connectivity index is 1.92. The van der Waals surface area contributed by atoms with E-state index in [0.717, 1.165) is 36.2 Å². The number of para-hydroxylation sites is 1. The van der Waals surface area contributed by atoms with Gasteiger partial charge in [0.25, 0.3) is 0 Å². The molecule has 2 amide bonds. The molecule has 7 nitrogen and oxygen atoms in total. The van der Waals surface area contributed by atoms with E-state index in [0.29, 0.717) is 22.1 Å². The van der Waals surface area contributed by atoms with Crippen molar-refractivity contribution >= 4 is 43.5 Å². The molecule has 1 atom stereocenters. The van der Waals surface area contributed by atoms with E-state index in [1.807, 2.05) is 6.92 Å². The van der Waals surface area contributed by atoms with Crippen molar-refractivity contribution in [3.8, 4) is 0 Å². The Bertz CT molecular complexity index is 1140. The van der Waals surface area contributed by atoms with Gasteiger partial charge in [0.15, 0.2) is 0 Å². The third-order valence-corrected chi connectivity index (χ3v) is 7.95. The number of carbonyl (C=O) groups excluding carboxylic acids is 2. The summed E-state index contributed by atoms with van der Waals surface area (Å²) in [5, 5.41) is 3.05. The van der Waals surface area contributed by atoms with Crippen molar-refractivity contribution in [3.63, 3.8) is 0 Å². The number of benzene rings is 2. The number of nitrogens with zero attached hydrogens (tertiary/aromatic N) is 2. The maximum Gasteiger partial charge on any atom is 0.244 e. The zero-order valence-corrected chi connectivity index (χ0v) is 22.3. The van der Waals surface area contributed by atoms with Crippen molar-refractivity contribution < 1.29 is 22.4 Å². The molecule has 1 unspecified atom stereocenters. The maximum absolute atomic E-state index is 13.6. The smallest absolute Gasteiger partial charge is 0.244 e. The first-order chi connectivity index (χ1) is 16.6. The lowest BCUT2D eigenvalue weighted by molar-refractivity contribution is -0.140. The first kappa shape index (κ1) is 27.1. The van der Waals surface area contributed by atoms with E-state index in [9.17, 15) is 22.4 Å². The third kappa shape index (κ3) is 7.27. The van der Waals surface area contributed by atoms with E-state index in [4.69, 9.17) is 0 Å². The molecular weight excluding hydrogens is 537 g/mol. The quantitative estimate of drug-likeness (QED) is 0.465. The fraction of sp³-hybridized carbons (Fsp3) is 0.440. The molecule has 0 aliphatic heterocycles. The van der Waals surface area contributed by atoms with E-state index in [1.54, 1.807) is 36.4 Å². The molecule has 3 rings (SSSR count). The first-order valence-corrected chi connectivity index (χ1v) is 14.3. The van der Waals surface area contributed by atoms with Gasteiger partial charge in [-0.2, -0.15) is 0 Å². The normalized spacial score (nSPS) is 15.0. The van der Waals surface area contributed by atoms with Crippen LogP contribution in [-0.4, -0.2) is 50.0 Å². The molecule has 0 radical (unpaired) electrons. The van der Waals surface area contributed by atoms with E-state index in [1.165, 1.54) is 17.0 Å². The monoisotopic (exact) mass is 567 g/mol. The van der Waals surface area contributed by atoms with Crippen LogP contribution in [0, 0.1) is 5.82 Å². The zero-order valence-electron chi connectivity index (χ0n) is 19.9. The summed E-state index contributed by atoms with van der Waals surface area (Å²) < 4.78 is 40.3. The van der Waals surface area contributed by atoms with Gasteiger partial charge in [-0.25, -0.2) is 12.8 Å². The highest BCUT2D eigenvalue weighted by molar-refractivity contribution is 9.10. The average Bonchev–Trinajstić information content (AvgIpc) is 3.31. The molecule has 10 heteroatoms. The molecule has 1 fully saturated rings. The molecule has 1 aliphatic carbocycles. The Kier molecular flexibility index (Phi) is 9.29. The van der Waals surface area contributed by atoms with Gasteiger partial charge in [0.05, 0.1) is 11.9 Å². The standard InChI is InChI=1S/C25H31BrFN3O4S/c1-3-22(25(32)28-20-8-4-5-9-20)29(16-18-12-14-19(27)15-13-18)24(31)17-30(35(2,33)34)23-11-7-6-10-21(23)26/h6-7,10-15,20,22H,3-5,8-9,16-17H2,1-2H3,(H,28,32). The number of anilines is 1. The number of nitrogens with one attached hydrogen (secondary N) is 1. The van der Waals surface area contributed by atoms with Gasteiger partial charge in [-0.3, -0.25) is 13.9 Å². The summed E-state index contributed by atoms with van der Waals surface area (Å²) in [6.45, 7) is 1.38. The third-order valence-electron chi connectivity index (χ3n) is 6.15. The zero-order chi connectivity index (χ0) is 25.6. The van der Waals surface area contributed by atoms with Crippen LogP contribution in [0.3, 0.4) is 0 Å². The number of rotatable bonds is 10. The highest BCUT2D eigenvalue weighted by atomic mass is 79.9. The summed E-state index contributed by atoms with van der Waals surface area (Å²) in [6.07, 6.45) is 5.29. The van der Waals surface area contributed by atoms with Gasteiger partial charge in [0.2, 0.25) is 21.8 Å². The summed E-state index contributed by atoms with van der Waals surface area (Å²) >= 11 is 3.36. The van der Waals surface area contributed by atoms with Crippen LogP contribution in [-0.2, 0) is 26.2 Å². The minimum atomic E-state index is -3.81. The SMILES string of the molecule is CCC(C(=O)NC1CCCC1)N(Cc1ccc(F)cc1)C(=O)CN(c1ccccc1Br)S(C)(=O)=O. The summed E-state index contributed by atoms with van der Waals surface area (Å²) in [4.78, 5) is 28.3. The molecule has 1 saturated carbocycles. The van der Waals surface area contributed by atoms with Gasteiger partial charge in [-0.15, -0.1) is 0 Å². The summed E-state index contributed by atoms with van der Waals surface area (Å²) in [6, 6.07) is 11.7. The van der Waals surface area contributed by atoms with Crippen molar-refractivity contribution in [2.45, 2.75) is 57.7 Å². The lowest BCUT2D eigenvalue weighted by atomic mass is 10.1. The molecule has 2 aromatic carbocycles. The number of amides is 2. The number of hydrogen-bond acceptors (Lipinski definition) is 4. The van der Waals surface area contributed by atoms with Gasteiger partial charge in [0, 0.05) is 17.1 Å². The van der Waals surface area contributed by atoms with Crippen LogP contribution in [0.2, 0.25) is 0 Å². The lowest BCUT2D eigenvalue weighted by Gasteiger charge is -2.33. The maximum atomic E-state index is 13.6. The fourth-order valence-corrected chi connectivity index (χ4v) is 5.80. The highest BCUT2D eigenvalue weighted by Gasteiger charge is 2.33. The molecule has 190 valence electrons. The van der Waals surface area contributed by atoms with Gasteiger partial charge < -0.3 is 10.2 Å².